The molecule has 1 heterocycles. The Hall–Kier alpha value is -0.610. The van der Waals surface area contributed by atoms with Gasteiger partial charge in [-0.2, -0.15) is 0 Å². The van der Waals surface area contributed by atoms with E-state index in [1.54, 1.807) is 0 Å². The van der Waals surface area contributed by atoms with E-state index in [2.05, 4.69) is 6.92 Å². The fourth-order valence-corrected chi connectivity index (χ4v) is 1.95. The molecule has 0 spiro atoms. The highest BCUT2D eigenvalue weighted by molar-refractivity contribution is 5.82. The summed E-state index contributed by atoms with van der Waals surface area (Å²) in [7, 11) is 0. The Morgan fingerprint density at radius 1 is 1.50 bits per heavy atom. The number of hydrogen-bond acceptors (Lipinski definition) is 3. The van der Waals surface area contributed by atoms with Crippen LogP contribution in [0.4, 0.5) is 0 Å². The van der Waals surface area contributed by atoms with E-state index < -0.39 is 0 Å². The van der Waals surface area contributed by atoms with Gasteiger partial charge in [-0.3, -0.25) is 4.79 Å². The third-order valence-electron chi connectivity index (χ3n) is 3.10. The molecule has 0 aromatic heterocycles. The summed E-state index contributed by atoms with van der Waals surface area (Å²) in [6, 6.07) is -0.386. The van der Waals surface area contributed by atoms with Gasteiger partial charge in [0.05, 0.1) is 18.2 Å². The molecule has 0 saturated carbocycles. The summed E-state index contributed by atoms with van der Waals surface area (Å²) in [5.41, 5.74) is 5.89. The van der Waals surface area contributed by atoms with Crippen molar-refractivity contribution in [3.63, 3.8) is 0 Å². The number of amides is 1. The van der Waals surface area contributed by atoms with Gasteiger partial charge in [0, 0.05) is 13.1 Å². The second-order valence-electron chi connectivity index (χ2n) is 4.99. The summed E-state index contributed by atoms with van der Waals surface area (Å²) in [6.45, 7) is 9.38. The average Bonchev–Trinajstić information content (AvgIpc) is 2.25. The maximum absolute atomic E-state index is 12.1. The fourth-order valence-electron chi connectivity index (χ4n) is 1.95. The van der Waals surface area contributed by atoms with Gasteiger partial charge in [0.15, 0.2) is 0 Å². The molecule has 94 valence electrons. The molecule has 2 N–H and O–H groups in total. The number of nitrogens with zero attached hydrogens (tertiary/aromatic N) is 1. The topological polar surface area (TPSA) is 55.6 Å². The molecule has 1 saturated heterocycles. The normalized spacial score (nSPS) is 28.2. The molecule has 0 aromatic carbocycles. The van der Waals surface area contributed by atoms with Crippen molar-refractivity contribution in [1.29, 1.82) is 0 Å². The molecule has 0 bridgehead atoms. The highest BCUT2D eigenvalue weighted by Gasteiger charge is 2.30. The lowest BCUT2D eigenvalue weighted by molar-refractivity contribution is -0.146. The van der Waals surface area contributed by atoms with Crippen LogP contribution in [0.15, 0.2) is 0 Å². The number of hydrogen-bond donors (Lipinski definition) is 1. The summed E-state index contributed by atoms with van der Waals surface area (Å²) in [6.07, 6.45) is 1.21. The Kier molecular flexibility index (Phi) is 4.74. The minimum atomic E-state index is -0.386. The van der Waals surface area contributed by atoms with E-state index in [-0.39, 0.29) is 30.1 Å². The van der Waals surface area contributed by atoms with E-state index in [0.717, 1.165) is 6.42 Å². The van der Waals surface area contributed by atoms with Crippen molar-refractivity contribution >= 4 is 5.91 Å². The van der Waals surface area contributed by atoms with Gasteiger partial charge in [-0.15, -0.1) is 0 Å². The van der Waals surface area contributed by atoms with Crippen LogP contribution >= 0.6 is 0 Å². The fraction of sp³-hybridized carbons (Fsp3) is 0.917. The quantitative estimate of drug-likeness (QED) is 0.784. The Morgan fingerprint density at radius 2 is 2.12 bits per heavy atom. The van der Waals surface area contributed by atoms with E-state index in [1.807, 2.05) is 25.7 Å². The van der Waals surface area contributed by atoms with Crippen molar-refractivity contribution in [1.82, 2.24) is 4.90 Å². The van der Waals surface area contributed by atoms with Crippen molar-refractivity contribution in [2.45, 2.75) is 52.4 Å². The Balaban J connectivity index is 2.61. The molecule has 1 rings (SSSR count). The number of rotatable bonds is 3. The van der Waals surface area contributed by atoms with Crippen LogP contribution in [-0.4, -0.2) is 42.1 Å². The van der Waals surface area contributed by atoms with E-state index in [4.69, 9.17) is 10.5 Å². The first-order chi connectivity index (χ1) is 7.45. The van der Waals surface area contributed by atoms with E-state index >= 15 is 0 Å². The predicted octanol–water partition coefficient (Wildman–Crippen LogP) is 0.996. The molecule has 3 atom stereocenters. The summed E-state index contributed by atoms with van der Waals surface area (Å²) in [5.74, 6) is 0.245. The molecule has 1 fully saturated rings. The molecule has 1 amide bonds. The Labute approximate surface area is 98.1 Å². The van der Waals surface area contributed by atoms with Crippen LogP contribution in [0.3, 0.4) is 0 Å². The third-order valence-corrected chi connectivity index (χ3v) is 3.10. The second-order valence-corrected chi connectivity index (χ2v) is 4.99. The van der Waals surface area contributed by atoms with Gasteiger partial charge in [0.25, 0.3) is 0 Å². The van der Waals surface area contributed by atoms with Gasteiger partial charge < -0.3 is 15.4 Å². The predicted molar refractivity (Wildman–Crippen MR) is 64.0 cm³/mol. The van der Waals surface area contributed by atoms with Gasteiger partial charge in [0.2, 0.25) is 5.91 Å². The molecule has 1 aliphatic heterocycles. The van der Waals surface area contributed by atoms with Crippen molar-refractivity contribution < 1.29 is 9.53 Å². The van der Waals surface area contributed by atoms with Crippen molar-refractivity contribution in [2.75, 3.05) is 13.1 Å². The summed E-state index contributed by atoms with van der Waals surface area (Å²) >= 11 is 0. The lowest BCUT2D eigenvalue weighted by Gasteiger charge is -2.38. The zero-order valence-corrected chi connectivity index (χ0v) is 10.8. The van der Waals surface area contributed by atoms with Crippen LogP contribution < -0.4 is 5.73 Å². The van der Waals surface area contributed by atoms with Gasteiger partial charge >= 0.3 is 0 Å². The largest absolute Gasteiger partial charge is 0.372 e. The van der Waals surface area contributed by atoms with Crippen LogP contribution in [0, 0.1) is 5.92 Å². The molecule has 4 nitrogen and oxygen atoms in total. The third kappa shape index (κ3) is 3.19. The number of nitrogens with two attached hydrogens (primary N) is 1. The molecule has 0 aromatic rings. The lowest BCUT2D eigenvalue weighted by atomic mass is 10.0. The summed E-state index contributed by atoms with van der Waals surface area (Å²) in [4.78, 5) is 13.9. The van der Waals surface area contributed by atoms with Gasteiger partial charge in [-0.1, -0.05) is 20.8 Å². The van der Waals surface area contributed by atoms with Gasteiger partial charge in [-0.25, -0.2) is 0 Å². The first-order valence-corrected chi connectivity index (χ1v) is 6.15. The standard InChI is InChI=1S/C12H24N2O2/c1-5-10-7-14(6-9(4)16-10)12(15)11(13)8(2)3/h8-11H,5-7,13H2,1-4H3/t9?,10?,11-/m0/s1. The van der Waals surface area contributed by atoms with Crippen LogP contribution in [0.2, 0.25) is 0 Å². The van der Waals surface area contributed by atoms with Crippen molar-refractivity contribution in [3.05, 3.63) is 0 Å². The van der Waals surface area contributed by atoms with E-state index in [0.29, 0.717) is 13.1 Å². The van der Waals surface area contributed by atoms with Crippen LogP contribution in [0.5, 0.6) is 0 Å². The molecular formula is C12H24N2O2. The van der Waals surface area contributed by atoms with E-state index in [1.165, 1.54) is 0 Å². The zero-order valence-electron chi connectivity index (χ0n) is 10.8. The summed E-state index contributed by atoms with van der Waals surface area (Å²) < 4.78 is 5.72. The first-order valence-electron chi connectivity index (χ1n) is 6.15. The molecule has 1 aliphatic rings. The average molecular weight is 228 g/mol. The molecule has 4 heteroatoms. The highest BCUT2D eigenvalue weighted by atomic mass is 16.5. The molecular weight excluding hydrogens is 204 g/mol. The first kappa shape index (κ1) is 13.5. The molecule has 0 aliphatic carbocycles. The SMILES string of the molecule is CCC1CN(C(=O)[C@@H](N)C(C)C)CC(C)O1. The molecule has 16 heavy (non-hydrogen) atoms. The number of carbonyl (C=O) groups excluding carboxylic acids is 1. The minimum absolute atomic E-state index is 0.0589. The number of carbonyl (C=O) groups is 1. The van der Waals surface area contributed by atoms with Crippen molar-refractivity contribution in [2.24, 2.45) is 11.7 Å². The molecule has 2 unspecified atom stereocenters. The van der Waals surface area contributed by atoms with Gasteiger partial charge in [0.1, 0.15) is 0 Å². The summed E-state index contributed by atoms with van der Waals surface area (Å²) in [5, 5.41) is 0. The van der Waals surface area contributed by atoms with Crippen LogP contribution in [-0.2, 0) is 9.53 Å². The number of ether oxygens (including phenoxy) is 1. The van der Waals surface area contributed by atoms with Crippen molar-refractivity contribution in [3.8, 4) is 0 Å². The highest BCUT2D eigenvalue weighted by Crippen LogP contribution is 2.15. The van der Waals surface area contributed by atoms with Crippen LogP contribution in [0.1, 0.15) is 34.1 Å². The van der Waals surface area contributed by atoms with Crippen LogP contribution in [0.25, 0.3) is 0 Å². The van der Waals surface area contributed by atoms with E-state index in [9.17, 15) is 4.79 Å². The maximum atomic E-state index is 12.1. The molecule has 0 radical (unpaired) electrons. The van der Waals surface area contributed by atoms with Gasteiger partial charge in [-0.05, 0) is 19.3 Å². The Bertz CT molecular complexity index is 243. The smallest absolute Gasteiger partial charge is 0.239 e. The minimum Gasteiger partial charge on any atom is -0.372 e. The zero-order chi connectivity index (χ0) is 12.3. The Morgan fingerprint density at radius 3 is 2.62 bits per heavy atom. The maximum Gasteiger partial charge on any atom is 0.239 e. The second kappa shape index (κ2) is 5.64. The number of morpholine rings is 1. The monoisotopic (exact) mass is 228 g/mol. The lowest BCUT2D eigenvalue weighted by Crippen LogP contribution is -2.54.